The second-order valence-corrected chi connectivity index (χ2v) is 4.53. The van der Waals surface area contributed by atoms with E-state index in [1.165, 1.54) is 5.56 Å². The minimum atomic E-state index is -0.157. The maximum Gasteiger partial charge on any atom is 0.319 e. The highest BCUT2D eigenvalue weighted by Crippen LogP contribution is 2.18. The van der Waals surface area contributed by atoms with Crippen LogP contribution in [-0.2, 0) is 0 Å². The summed E-state index contributed by atoms with van der Waals surface area (Å²) in [6.45, 7) is 8.13. The van der Waals surface area contributed by atoms with Crippen molar-refractivity contribution in [2.75, 3.05) is 5.32 Å². The molecule has 0 saturated heterocycles. The second-order valence-electron chi connectivity index (χ2n) is 4.53. The van der Waals surface area contributed by atoms with Crippen molar-refractivity contribution in [2.24, 2.45) is 0 Å². The summed E-state index contributed by atoms with van der Waals surface area (Å²) in [4.78, 5) is 11.5. The summed E-state index contributed by atoms with van der Waals surface area (Å²) in [6.07, 6.45) is 0. The molecule has 0 fully saturated rings. The summed E-state index contributed by atoms with van der Waals surface area (Å²) in [5, 5.41) is 5.61. The van der Waals surface area contributed by atoms with Gasteiger partial charge in [-0.2, -0.15) is 0 Å². The van der Waals surface area contributed by atoms with Gasteiger partial charge in [-0.3, -0.25) is 0 Å². The van der Waals surface area contributed by atoms with Crippen LogP contribution in [0.4, 0.5) is 10.5 Å². The Labute approximate surface area is 97.2 Å². The van der Waals surface area contributed by atoms with Crippen LogP contribution in [0.15, 0.2) is 24.3 Å². The normalized spacial score (nSPS) is 10.6. The molecule has 0 saturated carbocycles. The summed E-state index contributed by atoms with van der Waals surface area (Å²) < 4.78 is 0. The van der Waals surface area contributed by atoms with Gasteiger partial charge in [-0.15, -0.1) is 0 Å². The van der Waals surface area contributed by atoms with Crippen molar-refractivity contribution < 1.29 is 4.79 Å². The lowest BCUT2D eigenvalue weighted by Crippen LogP contribution is -2.34. The summed E-state index contributed by atoms with van der Waals surface area (Å²) in [5.74, 6) is 0.468. The lowest BCUT2D eigenvalue weighted by Gasteiger charge is -2.12. The molecule has 0 radical (unpaired) electrons. The molecule has 0 aromatic heterocycles. The molecule has 1 aromatic rings. The average Bonchev–Trinajstić information content (AvgIpc) is 2.16. The van der Waals surface area contributed by atoms with E-state index in [9.17, 15) is 4.79 Å². The topological polar surface area (TPSA) is 41.1 Å². The van der Waals surface area contributed by atoms with Crippen molar-refractivity contribution in [3.63, 3.8) is 0 Å². The summed E-state index contributed by atoms with van der Waals surface area (Å²) in [7, 11) is 0. The van der Waals surface area contributed by atoms with E-state index in [0.29, 0.717) is 5.92 Å². The van der Waals surface area contributed by atoms with E-state index in [1.807, 2.05) is 32.0 Å². The van der Waals surface area contributed by atoms with Crippen LogP contribution in [0.25, 0.3) is 0 Å². The molecule has 2 amide bonds. The van der Waals surface area contributed by atoms with Gasteiger partial charge >= 0.3 is 6.03 Å². The maximum atomic E-state index is 11.5. The van der Waals surface area contributed by atoms with Gasteiger partial charge in [0.2, 0.25) is 0 Å². The number of hydrogen-bond acceptors (Lipinski definition) is 1. The summed E-state index contributed by atoms with van der Waals surface area (Å²) >= 11 is 0. The molecule has 0 aliphatic rings. The first-order valence-electron chi connectivity index (χ1n) is 5.66. The SMILES string of the molecule is CC(C)NC(=O)Nc1cccc(C(C)C)c1. The molecule has 0 bridgehead atoms. The lowest BCUT2D eigenvalue weighted by molar-refractivity contribution is 0.250. The van der Waals surface area contributed by atoms with Crippen LogP contribution >= 0.6 is 0 Å². The van der Waals surface area contributed by atoms with Gasteiger partial charge in [-0.05, 0) is 37.5 Å². The predicted molar refractivity (Wildman–Crippen MR) is 67.8 cm³/mol. The number of nitrogens with one attached hydrogen (secondary N) is 2. The molecule has 1 rings (SSSR count). The van der Waals surface area contributed by atoms with E-state index < -0.39 is 0 Å². The van der Waals surface area contributed by atoms with Crippen molar-refractivity contribution in [1.29, 1.82) is 0 Å². The Morgan fingerprint density at radius 1 is 1.19 bits per heavy atom. The van der Waals surface area contributed by atoms with Gasteiger partial charge < -0.3 is 10.6 Å². The fourth-order valence-corrected chi connectivity index (χ4v) is 1.40. The zero-order valence-electron chi connectivity index (χ0n) is 10.4. The minimum Gasteiger partial charge on any atom is -0.336 e. The first-order valence-corrected chi connectivity index (χ1v) is 5.66. The third-order valence-electron chi connectivity index (χ3n) is 2.23. The lowest BCUT2D eigenvalue weighted by atomic mass is 10.0. The monoisotopic (exact) mass is 220 g/mol. The maximum absolute atomic E-state index is 11.5. The van der Waals surface area contributed by atoms with E-state index in [-0.39, 0.29) is 12.1 Å². The molecule has 0 unspecified atom stereocenters. The first kappa shape index (κ1) is 12.6. The Hall–Kier alpha value is -1.51. The fourth-order valence-electron chi connectivity index (χ4n) is 1.40. The van der Waals surface area contributed by atoms with E-state index in [4.69, 9.17) is 0 Å². The van der Waals surface area contributed by atoms with Crippen LogP contribution in [-0.4, -0.2) is 12.1 Å². The summed E-state index contributed by atoms with van der Waals surface area (Å²) in [6, 6.07) is 7.91. The van der Waals surface area contributed by atoms with Gasteiger partial charge in [0.05, 0.1) is 0 Å². The van der Waals surface area contributed by atoms with Crippen molar-refractivity contribution >= 4 is 11.7 Å². The zero-order valence-corrected chi connectivity index (χ0v) is 10.4. The molecule has 0 aliphatic heterocycles. The van der Waals surface area contributed by atoms with Gasteiger partial charge in [0.25, 0.3) is 0 Å². The van der Waals surface area contributed by atoms with Crippen LogP contribution in [0.1, 0.15) is 39.2 Å². The predicted octanol–water partition coefficient (Wildman–Crippen LogP) is 3.34. The minimum absolute atomic E-state index is 0.147. The van der Waals surface area contributed by atoms with Gasteiger partial charge in [0, 0.05) is 11.7 Å². The summed E-state index contributed by atoms with van der Waals surface area (Å²) in [5.41, 5.74) is 2.06. The molecule has 3 nitrogen and oxygen atoms in total. The highest BCUT2D eigenvalue weighted by Gasteiger charge is 2.04. The number of urea groups is 1. The molecule has 1 aromatic carbocycles. The Morgan fingerprint density at radius 3 is 2.44 bits per heavy atom. The highest BCUT2D eigenvalue weighted by molar-refractivity contribution is 5.89. The van der Waals surface area contributed by atoms with E-state index in [0.717, 1.165) is 5.69 Å². The van der Waals surface area contributed by atoms with Gasteiger partial charge in [-0.1, -0.05) is 26.0 Å². The van der Waals surface area contributed by atoms with E-state index in [2.05, 4.69) is 30.5 Å². The van der Waals surface area contributed by atoms with Gasteiger partial charge in [-0.25, -0.2) is 4.79 Å². The van der Waals surface area contributed by atoms with Crippen molar-refractivity contribution in [3.05, 3.63) is 29.8 Å². The standard InChI is InChI=1S/C13H20N2O/c1-9(2)11-6-5-7-12(8-11)15-13(16)14-10(3)4/h5-10H,1-4H3,(H2,14,15,16). The Kier molecular flexibility index (Phi) is 4.35. The van der Waals surface area contributed by atoms with Crippen LogP contribution in [0.3, 0.4) is 0 Å². The largest absolute Gasteiger partial charge is 0.336 e. The average molecular weight is 220 g/mol. The van der Waals surface area contributed by atoms with Crippen LogP contribution < -0.4 is 10.6 Å². The molecular formula is C13H20N2O. The number of rotatable bonds is 3. The van der Waals surface area contributed by atoms with Crippen molar-refractivity contribution in [1.82, 2.24) is 5.32 Å². The number of anilines is 1. The molecule has 16 heavy (non-hydrogen) atoms. The molecular weight excluding hydrogens is 200 g/mol. The zero-order chi connectivity index (χ0) is 12.1. The molecule has 0 aliphatic carbocycles. The molecule has 2 N–H and O–H groups in total. The Morgan fingerprint density at radius 2 is 1.88 bits per heavy atom. The fraction of sp³-hybridized carbons (Fsp3) is 0.462. The van der Waals surface area contributed by atoms with Crippen LogP contribution in [0.5, 0.6) is 0 Å². The second kappa shape index (κ2) is 5.54. The number of hydrogen-bond donors (Lipinski definition) is 2. The number of benzene rings is 1. The Bertz CT molecular complexity index is 359. The molecule has 0 spiro atoms. The van der Waals surface area contributed by atoms with E-state index in [1.54, 1.807) is 0 Å². The van der Waals surface area contributed by atoms with Crippen molar-refractivity contribution in [2.45, 2.75) is 39.7 Å². The van der Waals surface area contributed by atoms with Crippen LogP contribution in [0, 0.1) is 0 Å². The number of carbonyl (C=O) groups is 1. The quantitative estimate of drug-likeness (QED) is 0.806. The Balaban J connectivity index is 2.67. The van der Waals surface area contributed by atoms with Gasteiger partial charge in [0.1, 0.15) is 0 Å². The van der Waals surface area contributed by atoms with Crippen LogP contribution in [0.2, 0.25) is 0 Å². The third kappa shape index (κ3) is 3.93. The molecule has 88 valence electrons. The van der Waals surface area contributed by atoms with Gasteiger partial charge in [0.15, 0.2) is 0 Å². The third-order valence-corrected chi connectivity index (χ3v) is 2.23. The van der Waals surface area contributed by atoms with E-state index >= 15 is 0 Å². The van der Waals surface area contributed by atoms with Crippen molar-refractivity contribution in [3.8, 4) is 0 Å². The number of carbonyl (C=O) groups excluding carboxylic acids is 1. The smallest absolute Gasteiger partial charge is 0.319 e. The highest BCUT2D eigenvalue weighted by atomic mass is 16.2. The molecule has 0 atom stereocenters. The molecule has 0 heterocycles. The number of amides is 2. The molecule has 3 heteroatoms. The first-order chi connectivity index (χ1) is 7.49.